The Morgan fingerprint density at radius 1 is 1.15 bits per heavy atom. The quantitative estimate of drug-likeness (QED) is 0.802. The lowest BCUT2D eigenvalue weighted by Gasteiger charge is -2.37. The van der Waals surface area contributed by atoms with Crippen LogP contribution in [0.2, 0.25) is 5.02 Å². The third kappa shape index (κ3) is 4.43. The number of anilines is 1. The van der Waals surface area contributed by atoms with Gasteiger partial charge in [-0.25, -0.2) is 0 Å². The van der Waals surface area contributed by atoms with Gasteiger partial charge in [0.1, 0.15) is 0 Å². The maximum Gasteiger partial charge on any atom is 0.0559 e. The van der Waals surface area contributed by atoms with E-state index in [2.05, 4.69) is 26.8 Å². The summed E-state index contributed by atoms with van der Waals surface area (Å²) in [5, 5.41) is 10.7. The van der Waals surface area contributed by atoms with E-state index in [4.69, 9.17) is 16.3 Å². The monoisotopic (exact) mass is 393 g/mol. The van der Waals surface area contributed by atoms with Gasteiger partial charge in [-0.15, -0.1) is 0 Å². The summed E-state index contributed by atoms with van der Waals surface area (Å²) in [6, 6.07) is 8.17. The van der Waals surface area contributed by atoms with Crippen molar-refractivity contribution >= 4 is 17.3 Å². The van der Waals surface area contributed by atoms with Crippen molar-refractivity contribution in [1.29, 1.82) is 0 Å². The molecule has 27 heavy (non-hydrogen) atoms. The molecule has 0 spiro atoms. The molecule has 0 aliphatic carbocycles. The third-order valence-corrected chi connectivity index (χ3v) is 6.93. The van der Waals surface area contributed by atoms with E-state index in [1.54, 1.807) is 0 Å². The zero-order chi connectivity index (χ0) is 18.7. The van der Waals surface area contributed by atoms with Gasteiger partial charge >= 0.3 is 0 Å². The summed E-state index contributed by atoms with van der Waals surface area (Å²) in [6.07, 6.45) is 2.30. The molecule has 3 saturated heterocycles. The molecular weight excluding hydrogens is 362 g/mol. The Morgan fingerprint density at radius 3 is 2.70 bits per heavy atom. The van der Waals surface area contributed by atoms with Crippen molar-refractivity contribution < 1.29 is 9.84 Å². The highest BCUT2D eigenvalue weighted by Crippen LogP contribution is 2.40. The van der Waals surface area contributed by atoms with Gasteiger partial charge in [0.05, 0.1) is 13.2 Å². The van der Waals surface area contributed by atoms with Gasteiger partial charge in [-0.05, 0) is 50.0 Å². The minimum atomic E-state index is 0.000827. The molecule has 6 heteroatoms. The lowest BCUT2D eigenvalue weighted by molar-refractivity contribution is -0.0560. The van der Waals surface area contributed by atoms with E-state index < -0.39 is 0 Å². The predicted octanol–water partition coefficient (Wildman–Crippen LogP) is 2.18. The summed E-state index contributed by atoms with van der Waals surface area (Å²) in [6.45, 7) is 10.6. The summed E-state index contributed by atoms with van der Waals surface area (Å²) in [5.74, 6) is 0.609. The van der Waals surface area contributed by atoms with E-state index in [-0.39, 0.29) is 12.0 Å². The zero-order valence-corrected chi connectivity index (χ0v) is 16.9. The molecule has 150 valence electrons. The van der Waals surface area contributed by atoms with Crippen molar-refractivity contribution in [1.82, 2.24) is 9.80 Å². The van der Waals surface area contributed by atoms with Crippen molar-refractivity contribution in [3.05, 3.63) is 29.3 Å². The molecule has 5 nitrogen and oxygen atoms in total. The molecule has 1 aromatic rings. The average Bonchev–Trinajstić information content (AvgIpc) is 3.07. The number of hydrogen-bond donors (Lipinski definition) is 1. The second kappa shape index (κ2) is 8.66. The van der Waals surface area contributed by atoms with Gasteiger partial charge in [-0.1, -0.05) is 17.7 Å². The topological polar surface area (TPSA) is 39.2 Å². The SMILES string of the molecule is OC[C@]12COCC[C@H]1CN(CCCN1CCN(c3cccc(Cl)c3)CC1)C2. The Kier molecular flexibility index (Phi) is 6.25. The highest BCUT2D eigenvalue weighted by Gasteiger charge is 2.47. The first-order chi connectivity index (χ1) is 13.2. The van der Waals surface area contributed by atoms with Gasteiger partial charge in [0.15, 0.2) is 0 Å². The minimum Gasteiger partial charge on any atom is -0.396 e. The lowest BCUT2D eigenvalue weighted by atomic mass is 9.76. The number of nitrogens with zero attached hydrogens (tertiary/aromatic N) is 3. The number of benzene rings is 1. The Balaban J connectivity index is 1.19. The summed E-state index contributed by atoms with van der Waals surface area (Å²) in [7, 11) is 0. The lowest BCUT2D eigenvalue weighted by Crippen LogP contribution is -2.47. The number of piperazine rings is 1. The Morgan fingerprint density at radius 2 is 1.96 bits per heavy atom. The van der Waals surface area contributed by atoms with Crippen LogP contribution in [0.4, 0.5) is 5.69 Å². The van der Waals surface area contributed by atoms with E-state index >= 15 is 0 Å². The molecular formula is C21H32ClN3O2. The first-order valence-corrected chi connectivity index (χ1v) is 10.7. The van der Waals surface area contributed by atoms with Crippen molar-refractivity contribution in [2.24, 2.45) is 11.3 Å². The van der Waals surface area contributed by atoms with E-state index in [1.165, 1.54) is 12.1 Å². The second-order valence-electron chi connectivity index (χ2n) is 8.46. The van der Waals surface area contributed by atoms with Crippen molar-refractivity contribution in [3.8, 4) is 0 Å². The number of aliphatic hydroxyl groups excluding tert-OH is 1. The number of likely N-dealkylation sites (tertiary alicyclic amines) is 1. The molecule has 1 aromatic carbocycles. The fourth-order valence-corrected chi connectivity index (χ4v) is 5.21. The van der Waals surface area contributed by atoms with Crippen LogP contribution in [0.5, 0.6) is 0 Å². The van der Waals surface area contributed by atoms with Gasteiger partial charge in [0.2, 0.25) is 0 Å². The van der Waals surface area contributed by atoms with Crippen LogP contribution >= 0.6 is 11.6 Å². The van der Waals surface area contributed by atoms with Gasteiger partial charge in [-0.2, -0.15) is 0 Å². The maximum atomic E-state index is 9.91. The van der Waals surface area contributed by atoms with E-state index in [1.807, 2.05) is 12.1 Å². The largest absolute Gasteiger partial charge is 0.396 e. The van der Waals surface area contributed by atoms with E-state index in [9.17, 15) is 5.11 Å². The predicted molar refractivity (Wildman–Crippen MR) is 110 cm³/mol. The van der Waals surface area contributed by atoms with Crippen molar-refractivity contribution in [2.75, 3.05) is 77.1 Å². The number of aliphatic hydroxyl groups is 1. The molecule has 0 radical (unpaired) electrons. The van der Waals surface area contributed by atoms with Crippen LogP contribution in [-0.4, -0.2) is 87.1 Å². The van der Waals surface area contributed by atoms with Crippen LogP contribution < -0.4 is 4.90 Å². The van der Waals surface area contributed by atoms with Crippen molar-refractivity contribution in [3.63, 3.8) is 0 Å². The molecule has 0 saturated carbocycles. The molecule has 0 bridgehead atoms. The van der Waals surface area contributed by atoms with Crippen LogP contribution in [-0.2, 0) is 4.74 Å². The summed E-state index contributed by atoms with van der Waals surface area (Å²) in [5.41, 5.74) is 1.24. The van der Waals surface area contributed by atoms with Crippen LogP contribution in [0, 0.1) is 11.3 Å². The Hall–Kier alpha value is -0.850. The first kappa shape index (κ1) is 19.5. The average molecular weight is 394 g/mol. The number of hydrogen-bond acceptors (Lipinski definition) is 5. The minimum absolute atomic E-state index is 0.000827. The maximum absolute atomic E-state index is 9.91. The van der Waals surface area contributed by atoms with Crippen molar-refractivity contribution in [2.45, 2.75) is 12.8 Å². The highest BCUT2D eigenvalue weighted by molar-refractivity contribution is 6.30. The first-order valence-electron chi connectivity index (χ1n) is 10.3. The molecule has 2 atom stereocenters. The fourth-order valence-electron chi connectivity index (χ4n) is 5.02. The van der Waals surface area contributed by atoms with Gasteiger partial charge < -0.3 is 19.6 Å². The molecule has 3 heterocycles. The molecule has 4 rings (SSSR count). The number of fused-ring (bicyclic) bond motifs is 1. The summed E-state index contributed by atoms with van der Waals surface area (Å²) < 4.78 is 5.67. The molecule has 3 aliphatic heterocycles. The van der Waals surface area contributed by atoms with Crippen LogP contribution in [0.3, 0.4) is 0 Å². The Bertz CT molecular complexity index is 623. The van der Waals surface area contributed by atoms with Crippen LogP contribution in [0.1, 0.15) is 12.8 Å². The number of halogens is 1. The zero-order valence-electron chi connectivity index (χ0n) is 16.2. The normalized spacial score (nSPS) is 29.9. The molecule has 0 unspecified atom stereocenters. The molecule has 1 N–H and O–H groups in total. The summed E-state index contributed by atoms with van der Waals surface area (Å²) in [4.78, 5) is 7.56. The summed E-state index contributed by atoms with van der Waals surface area (Å²) >= 11 is 6.12. The van der Waals surface area contributed by atoms with E-state index in [0.29, 0.717) is 5.92 Å². The van der Waals surface area contributed by atoms with Crippen LogP contribution in [0.15, 0.2) is 24.3 Å². The number of rotatable bonds is 6. The fraction of sp³-hybridized carbons (Fsp3) is 0.714. The standard InChI is InChI=1S/C21H32ClN3O2/c22-19-3-1-4-20(13-19)25-10-8-23(9-11-25)6-2-7-24-14-18-5-12-27-17-21(18,15-24)16-26/h1,3-4,13,18,26H,2,5-12,14-17H2/t18-,21+/m0/s1. The Labute approximate surface area is 167 Å². The number of ether oxygens (including phenoxy) is 1. The third-order valence-electron chi connectivity index (χ3n) is 6.69. The van der Waals surface area contributed by atoms with Gasteiger partial charge in [0, 0.05) is 62.0 Å². The molecule has 3 aliphatic rings. The molecule has 0 aromatic heterocycles. The molecule has 3 fully saturated rings. The molecule has 0 amide bonds. The van der Waals surface area contributed by atoms with Crippen LogP contribution in [0.25, 0.3) is 0 Å². The highest BCUT2D eigenvalue weighted by atomic mass is 35.5. The second-order valence-corrected chi connectivity index (χ2v) is 8.89. The van der Waals surface area contributed by atoms with Gasteiger partial charge in [-0.3, -0.25) is 4.90 Å². The van der Waals surface area contributed by atoms with Gasteiger partial charge in [0.25, 0.3) is 0 Å². The smallest absolute Gasteiger partial charge is 0.0559 e. The van der Waals surface area contributed by atoms with E-state index in [0.717, 1.165) is 77.0 Å².